The van der Waals surface area contributed by atoms with Gasteiger partial charge < -0.3 is 0 Å². The van der Waals surface area contributed by atoms with E-state index in [1.807, 2.05) is 0 Å². The average molecular weight is 233 g/mol. The second-order valence-corrected chi connectivity index (χ2v) is 5.71. The van der Waals surface area contributed by atoms with Gasteiger partial charge in [-0.1, -0.05) is 42.6 Å². The Morgan fingerprint density at radius 2 is 1.75 bits per heavy atom. The van der Waals surface area contributed by atoms with Gasteiger partial charge in [-0.05, 0) is 37.5 Å². The van der Waals surface area contributed by atoms with E-state index < -0.39 is 0 Å². The number of rotatable bonds is 4. The lowest BCUT2D eigenvalue weighted by Crippen LogP contribution is -2.11. The molecule has 0 aromatic carbocycles. The fraction of sp³-hybridized carbons (Fsp3) is 1.00. The fourth-order valence-corrected chi connectivity index (χ4v) is 2.84. The molecule has 0 heterocycles. The lowest BCUT2D eigenvalue weighted by molar-refractivity contribution is 0.459. The first kappa shape index (κ1) is 10.6. The third-order valence-electron chi connectivity index (χ3n) is 2.93. The van der Waals surface area contributed by atoms with Crippen molar-refractivity contribution in [3.63, 3.8) is 0 Å². The van der Waals surface area contributed by atoms with E-state index in [0.717, 1.165) is 16.7 Å². The van der Waals surface area contributed by atoms with E-state index in [1.54, 1.807) is 0 Å². The number of alkyl halides is 1. The molecule has 0 bridgehead atoms. The Balaban J connectivity index is 2.13. The van der Waals surface area contributed by atoms with E-state index in [1.165, 1.54) is 38.5 Å². The van der Waals surface area contributed by atoms with Gasteiger partial charge in [-0.3, -0.25) is 0 Å². The summed E-state index contributed by atoms with van der Waals surface area (Å²) in [6.45, 7) is 4.63. The maximum atomic E-state index is 3.83. The van der Waals surface area contributed by atoms with E-state index in [0.29, 0.717) is 0 Å². The van der Waals surface area contributed by atoms with Crippen molar-refractivity contribution in [2.75, 3.05) is 0 Å². The molecule has 12 heavy (non-hydrogen) atoms. The first-order valence-corrected chi connectivity index (χ1v) is 6.25. The van der Waals surface area contributed by atoms with Crippen LogP contribution in [0.25, 0.3) is 0 Å². The monoisotopic (exact) mass is 232 g/mol. The highest BCUT2D eigenvalue weighted by Gasteiger charge is 2.22. The molecule has 0 amide bonds. The summed E-state index contributed by atoms with van der Waals surface area (Å²) in [5.41, 5.74) is 0. The van der Waals surface area contributed by atoms with E-state index >= 15 is 0 Å². The van der Waals surface area contributed by atoms with Crippen LogP contribution in [0.15, 0.2) is 0 Å². The molecule has 1 atom stereocenters. The van der Waals surface area contributed by atoms with Gasteiger partial charge in [-0.25, -0.2) is 0 Å². The van der Waals surface area contributed by atoms with Crippen LogP contribution in [0.5, 0.6) is 0 Å². The van der Waals surface area contributed by atoms with Crippen LogP contribution in [-0.2, 0) is 0 Å². The van der Waals surface area contributed by atoms with Crippen LogP contribution < -0.4 is 0 Å². The summed E-state index contributed by atoms with van der Waals surface area (Å²) >= 11 is 3.83. The predicted molar refractivity (Wildman–Crippen MR) is 58.7 cm³/mol. The molecule has 0 aromatic rings. The second kappa shape index (κ2) is 5.26. The SMILES string of the molecule is CC(C)CCC(Br)C1CCCC1. The smallest absolute Gasteiger partial charge is 0.0174 e. The molecule has 0 saturated heterocycles. The van der Waals surface area contributed by atoms with Crippen LogP contribution in [-0.4, -0.2) is 4.83 Å². The molecule has 0 aliphatic heterocycles. The van der Waals surface area contributed by atoms with Gasteiger partial charge in [-0.2, -0.15) is 0 Å². The Labute approximate surface area is 85.3 Å². The van der Waals surface area contributed by atoms with Crippen LogP contribution in [0.1, 0.15) is 52.4 Å². The van der Waals surface area contributed by atoms with Gasteiger partial charge in [0.15, 0.2) is 0 Å². The van der Waals surface area contributed by atoms with Gasteiger partial charge in [0.2, 0.25) is 0 Å². The third kappa shape index (κ3) is 3.47. The van der Waals surface area contributed by atoms with Gasteiger partial charge >= 0.3 is 0 Å². The average Bonchev–Trinajstić information content (AvgIpc) is 2.51. The summed E-state index contributed by atoms with van der Waals surface area (Å²) in [6, 6.07) is 0. The van der Waals surface area contributed by atoms with Crippen molar-refractivity contribution in [2.24, 2.45) is 11.8 Å². The van der Waals surface area contributed by atoms with E-state index in [9.17, 15) is 0 Å². The molecule has 0 radical (unpaired) electrons. The van der Waals surface area contributed by atoms with Crippen molar-refractivity contribution >= 4 is 15.9 Å². The van der Waals surface area contributed by atoms with Crippen LogP contribution in [0, 0.1) is 11.8 Å². The summed E-state index contributed by atoms with van der Waals surface area (Å²) in [5.74, 6) is 1.86. The molecule has 1 rings (SSSR count). The van der Waals surface area contributed by atoms with E-state index in [-0.39, 0.29) is 0 Å². The van der Waals surface area contributed by atoms with Crippen molar-refractivity contribution < 1.29 is 0 Å². The van der Waals surface area contributed by atoms with E-state index in [4.69, 9.17) is 0 Å². The highest BCUT2D eigenvalue weighted by Crippen LogP contribution is 2.34. The highest BCUT2D eigenvalue weighted by molar-refractivity contribution is 9.09. The summed E-state index contributed by atoms with van der Waals surface area (Å²) in [7, 11) is 0. The van der Waals surface area contributed by atoms with Crippen molar-refractivity contribution in [3.8, 4) is 0 Å². The molecule has 0 nitrogen and oxygen atoms in total. The second-order valence-electron chi connectivity index (χ2n) is 4.53. The lowest BCUT2D eigenvalue weighted by atomic mass is 9.97. The molecule has 1 heteroatoms. The summed E-state index contributed by atoms with van der Waals surface area (Å²) in [6.07, 6.45) is 8.62. The highest BCUT2D eigenvalue weighted by atomic mass is 79.9. The van der Waals surface area contributed by atoms with Crippen LogP contribution >= 0.6 is 15.9 Å². The lowest BCUT2D eigenvalue weighted by Gasteiger charge is -2.17. The molecule has 0 aromatic heterocycles. The van der Waals surface area contributed by atoms with Crippen molar-refractivity contribution in [2.45, 2.75) is 57.2 Å². The Morgan fingerprint density at radius 3 is 2.25 bits per heavy atom. The molecule has 1 saturated carbocycles. The Bertz CT molecular complexity index is 114. The normalized spacial score (nSPS) is 22.0. The Morgan fingerprint density at radius 1 is 1.17 bits per heavy atom. The van der Waals surface area contributed by atoms with E-state index in [2.05, 4.69) is 29.8 Å². The molecular formula is C11H21Br. The largest absolute Gasteiger partial charge is 0.0888 e. The molecule has 1 aliphatic carbocycles. The van der Waals surface area contributed by atoms with Gasteiger partial charge in [0.05, 0.1) is 0 Å². The van der Waals surface area contributed by atoms with Gasteiger partial charge in [-0.15, -0.1) is 0 Å². The molecular weight excluding hydrogens is 212 g/mol. The maximum Gasteiger partial charge on any atom is 0.0174 e. The topological polar surface area (TPSA) is 0 Å². The van der Waals surface area contributed by atoms with Crippen molar-refractivity contribution in [1.29, 1.82) is 0 Å². The summed E-state index contributed by atoms with van der Waals surface area (Å²) in [4.78, 5) is 0.808. The standard InChI is InChI=1S/C11H21Br/c1-9(2)7-8-11(12)10-5-3-4-6-10/h9-11H,3-8H2,1-2H3. The quantitative estimate of drug-likeness (QED) is 0.632. The van der Waals surface area contributed by atoms with Gasteiger partial charge in [0.1, 0.15) is 0 Å². The zero-order chi connectivity index (χ0) is 8.97. The first-order valence-electron chi connectivity index (χ1n) is 5.34. The summed E-state index contributed by atoms with van der Waals surface area (Å²) in [5, 5.41) is 0. The van der Waals surface area contributed by atoms with Crippen molar-refractivity contribution in [3.05, 3.63) is 0 Å². The number of hydrogen-bond acceptors (Lipinski definition) is 0. The molecule has 1 aliphatic rings. The number of halogens is 1. The zero-order valence-electron chi connectivity index (χ0n) is 8.35. The molecule has 0 N–H and O–H groups in total. The van der Waals surface area contributed by atoms with Gasteiger partial charge in [0.25, 0.3) is 0 Å². The van der Waals surface area contributed by atoms with Crippen LogP contribution in [0.4, 0.5) is 0 Å². The van der Waals surface area contributed by atoms with Crippen LogP contribution in [0.2, 0.25) is 0 Å². The molecule has 0 spiro atoms. The third-order valence-corrected chi connectivity index (χ3v) is 4.14. The Kier molecular flexibility index (Phi) is 4.63. The molecule has 1 fully saturated rings. The molecule has 72 valence electrons. The minimum atomic E-state index is 0.808. The maximum absolute atomic E-state index is 3.83. The van der Waals surface area contributed by atoms with Crippen LogP contribution in [0.3, 0.4) is 0 Å². The summed E-state index contributed by atoms with van der Waals surface area (Å²) < 4.78 is 0. The zero-order valence-corrected chi connectivity index (χ0v) is 9.94. The minimum Gasteiger partial charge on any atom is -0.0888 e. The Hall–Kier alpha value is 0.480. The minimum absolute atomic E-state index is 0.808. The van der Waals surface area contributed by atoms with Gasteiger partial charge in [0, 0.05) is 4.83 Å². The molecule has 1 unspecified atom stereocenters. The predicted octanol–water partition coefficient (Wildman–Crippen LogP) is 4.38. The fourth-order valence-electron chi connectivity index (χ4n) is 2.05. The first-order chi connectivity index (χ1) is 5.70. The number of hydrogen-bond donors (Lipinski definition) is 0. The van der Waals surface area contributed by atoms with Crippen molar-refractivity contribution in [1.82, 2.24) is 0 Å².